The quantitative estimate of drug-likeness (QED) is 0.779. The molecule has 0 aromatic carbocycles. The van der Waals surface area contributed by atoms with Crippen molar-refractivity contribution in [3.8, 4) is 5.75 Å². The van der Waals surface area contributed by atoms with E-state index in [9.17, 15) is 9.59 Å². The topological polar surface area (TPSA) is 87.6 Å². The van der Waals surface area contributed by atoms with E-state index in [-0.39, 0.29) is 23.4 Å². The Kier molecular flexibility index (Phi) is 5.92. The Morgan fingerprint density at radius 2 is 1.46 bits per heavy atom. The van der Waals surface area contributed by atoms with Crippen molar-refractivity contribution in [2.24, 2.45) is 0 Å². The molecule has 0 amide bonds. The van der Waals surface area contributed by atoms with Gasteiger partial charge in [0.05, 0.1) is 12.3 Å². The number of hydrogen-bond donors (Lipinski definition) is 0. The first-order valence-corrected chi connectivity index (χ1v) is 7.79. The second kappa shape index (κ2) is 7.15. The number of carbonyl (C=O) groups is 2. The Labute approximate surface area is 142 Å². The first-order chi connectivity index (χ1) is 10.8. The van der Waals surface area contributed by atoms with Gasteiger partial charge < -0.3 is 14.2 Å². The summed E-state index contributed by atoms with van der Waals surface area (Å²) in [6, 6.07) is 0. The SMILES string of the molecule is CC(C)Oc1cnc(C(=O)OC(C)(C)C)nc1C(=O)OC(C)(C)C. The van der Waals surface area contributed by atoms with Gasteiger partial charge in [0.25, 0.3) is 0 Å². The highest BCUT2D eigenvalue weighted by molar-refractivity contribution is 5.92. The van der Waals surface area contributed by atoms with E-state index >= 15 is 0 Å². The van der Waals surface area contributed by atoms with E-state index in [2.05, 4.69) is 9.97 Å². The van der Waals surface area contributed by atoms with Crippen molar-refractivity contribution in [1.29, 1.82) is 0 Å². The number of carbonyl (C=O) groups excluding carboxylic acids is 2. The van der Waals surface area contributed by atoms with Crippen LogP contribution in [0.3, 0.4) is 0 Å². The van der Waals surface area contributed by atoms with Crippen LogP contribution < -0.4 is 4.74 Å². The van der Waals surface area contributed by atoms with Crippen LogP contribution in [0.1, 0.15) is 76.5 Å². The third-order valence-electron chi connectivity index (χ3n) is 2.29. The van der Waals surface area contributed by atoms with Gasteiger partial charge in [-0.3, -0.25) is 0 Å². The molecule has 7 nitrogen and oxygen atoms in total. The molecule has 0 radical (unpaired) electrons. The van der Waals surface area contributed by atoms with Gasteiger partial charge in [-0.2, -0.15) is 0 Å². The summed E-state index contributed by atoms with van der Waals surface area (Å²) in [4.78, 5) is 32.4. The zero-order chi connectivity index (χ0) is 18.7. The molecule has 0 spiro atoms. The van der Waals surface area contributed by atoms with Gasteiger partial charge in [0.1, 0.15) is 11.2 Å². The number of nitrogens with zero attached hydrogens (tertiary/aromatic N) is 2. The summed E-state index contributed by atoms with van der Waals surface area (Å²) >= 11 is 0. The predicted octanol–water partition coefficient (Wildman–Crippen LogP) is 3.17. The Bertz CT molecular complexity index is 612. The Morgan fingerprint density at radius 3 is 1.92 bits per heavy atom. The summed E-state index contributed by atoms with van der Waals surface area (Å²) in [5, 5.41) is 0. The van der Waals surface area contributed by atoms with Crippen molar-refractivity contribution in [2.45, 2.75) is 72.7 Å². The van der Waals surface area contributed by atoms with E-state index in [4.69, 9.17) is 14.2 Å². The fourth-order valence-electron chi connectivity index (χ4n) is 1.61. The monoisotopic (exact) mass is 338 g/mol. The number of rotatable bonds is 4. The van der Waals surface area contributed by atoms with Crippen molar-refractivity contribution < 1.29 is 23.8 Å². The molecule has 0 fully saturated rings. The standard InChI is InChI=1S/C17H26N2O5/c1-10(2)22-11-9-18-13(15(21)24-17(6,7)8)19-12(11)14(20)23-16(3,4)5/h9-10H,1-8H3. The lowest BCUT2D eigenvalue weighted by atomic mass is 10.2. The highest BCUT2D eigenvalue weighted by atomic mass is 16.6. The molecule has 1 heterocycles. The average Bonchev–Trinajstić information content (AvgIpc) is 2.34. The minimum atomic E-state index is -0.719. The Balaban J connectivity index is 3.22. The molecule has 24 heavy (non-hydrogen) atoms. The summed E-state index contributed by atoms with van der Waals surface area (Å²) in [6.45, 7) is 14.0. The molecule has 0 atom stereocenters. The van der Waals surface area contributed by atoms with Crippen molar-refractivity contribution >= 4 is 11.9 Å². The average molecular weight is 338 g/mol. The minimum absolute atomic E-state index is 0.102. The maximum Gasteiger partial charge on any atom is 0.376 e. The molecular weight excluding hydrogens is 312 g/mol. The molecular formula is C17H26N2O5. The van der Waals surface area contributed by atoms with E-state index in [1.165, 1.54) is 6.20 Å². The third kappa shape index (κ3) is 6.52. The van der Waals surface area contributed by atoms with Crippen LogP contribution in [0.2, 0.25) is 0 Å². The number of aromatic nitrogens is 2. The molecule has 7 heteroatoms. The first kappa shape index (κ1) is 19.9. The number of ether oxygens (including phenoxy) is 3. The maximum atomic E-state index is 12.4. The summed E-state index contributed by atoms with van der Waals surface area (Å²) in [5.74, 6) is -1.47. The largest absolute Gasteiger partial charge is 0.487 e. The normalized spacial score (nSPS) is 12.0. The molecule has 0 saturated heterocycles. The van der Waals surface area contributed by atoms with Gasteiger partial charge in [-0.05, 0) is 55.4 Å². The molecule has 0 saturated carbocycles. The van der Waals surface area contributed by atoms with Gasteiger partial charge in [-0.15, -0.1) is 0 Å². The highest BCUT2D eigenvalue weighted by Crippen LogP contribution is 2.21. The van der Waals surface area contributed by atoms with Gasteiger partial charge in [-0.25, -0.2) is 19.6 Å². The molecule has 1 aromatic rings. The van der Waals surface area contributed by atoms with Crippen LogP contribution in [-0.2, 0) is 9.47 Å². The summed E-state index contributed by atoms with van der Waals surface area (Å²) < 4.78 is 16.1. The van der Waals surface area contributed by atoms with Crippen molar-refractivity contribution in [3.63, 3.8) is 0 Å². The lowest BCUT2D eigenvalue weighted by Crippen LogP contribution is -2.28. The molecule has 0 N–H and O–H groups in total. The van der Waals surface area contributed by atoms with Crippen LogP contribution in [0.4, 0.5) is 0 Å². The van der Waals surface area contributed by atoms with Crippen LogP contribution in [0.15, 0.2) is 6.20 Å². The molecule has 1 aromatic heterocycles. The van der Waals surface area contributed by atoms with Gasteiger partial charge in [-0.1, -0.05) is 0 Å². The first-order valence-electron chi connectivity index (χ1n) is 7.79. The summed E-state index contributed by atoms with van der Waals surface area (Å²) in [6.07, 6.45) is 1.09. The van der Waals surface area contributed by atoms with Crippen molar-refractivity contribution in [3.05, 3.63) is 17.7 Å². The van der Waals surface area contributed by atoms with Gasteiger partial charge in [0, 0.05) is 0 Å². The molecule has 0 bridgehead atoms. The fraction of sp³-hybridized carbons (Fsp3) is 0.647. The molecule has 134 valence electrons. The Morgan fingerprint density at radius 1 is 0.958 bits per heavy atom. The highest BCUT2D eigenvalue weighted by Gasteiger charge is 2.27. The second-order valence-electron chi connectivity index (χ2n) is 7.58. The molecule has 0 aliphatic heterocycles. The van der Waals surface area contributed by atoms with Gasteiger partial charge >= 0.3 is 11.9 Å². The van der Waals surface area contributed by atoms with Crippen LogP contribution in [0.5, 0.6) is 5.75 Å². The molecule has 0 aliphatic rings. The van der Waals surface area contributed by atoms with Gasteiger partial charge in [0.2, 0.25) is 5.82 Å². The maximum absolute atomic E-state index is 12.4. The predicted molar refractivity (Wildman–Crippen MR) is 88.1 cm³/mol. The van der Waals surface area contributed by atoms with Crippen molar-refractivity contribution in [2.75, 3.05) is 0 Å². The lowest BCUT2D eigenvalue weighted by Gasteiger charge is -2.21. The van der Waals surface area contributed by atoms with E-state index in [0.717, 1.165) is 0 Å². The van der Waals surface area contributed by atoms with E-state index in [0.29, 0.717) is 0 Å². The zero-order valence-electron chi connectivity index (χ0n) is 15.6. The van der Waals surface area contributed by atoms with Crippen LogP contribution >= 0.6 is 0 Å². The lowest BCUT2D eigenvalue weighted by molar-refractivity contribution is 0.00492. The van der Waals surface area contributed by atoms with Crippen LogP contribution in [-0.4, -0.2) is 39.2 Å². The fourth-order valence-corrected chi connectivity index (χ4v) is 1.61. The minimum Gasteiger partial charge on any atom is -0.487 e. The van der Waals surface area contributed by atoms with Crippen molar-refractivity contribution in [1.82, 2.24) is 9.97 Å². The van der Waals surface area contributed by atoms with Gasteiger partial charge in [0.15, 0.2) is 11.4 Å². The van der Waals surface area contributed by atoms with E-state index in [1.807, 2.05) is 0 Å². The van der Waals surface area contributed by atoms with Crippen LogP contribution in [0.25, 0.3) is 0 Å². The zero-order valence-corrected chi connectivity index (χ0v) is 15.6. The third-order valence-corrected chi connectivity index (χ3v) is 2.29. The smallest absolute Gasteiger partial charge is 0.376 e. The number of hydrogen-bond acceptors (Lipinski definition) is 7. The number of esters is 2. The summed E-state index contributed by atoms with van der Waals surface area (Å²) in [7, 11) is 0. The molecule has 1 rings (SSSR count). The van der Waals surface area contributed by atoms with E-state index < -0.39 is 23.1 Å². The second-order valence-corrected chi connectivity index (χ2v) is 7.58. The molecule has 0 unspecified atom stereocenters. The Hall–Kier alpha value is -2.18. The molecule has 0 aliphatic carbocycles. The van der Waals surface area contributed by atoms with E-state index in [1.54, 1.807) is 55.4 Å². The summed E-state index contributed by atoms with van der Waals surface area (Å²) in [5.41, 5.74) is -1.50. The van der Waals surface area contributed by atoms with Crippen LogP contribution in [0, 0.1) is 0 Å².